The molecule has 170 valence electrons. The first-order chi connectivity index (χ1) is 14.5. The number of nitrogens with zero attached hydrogens (tertiary/aromatic N) is 1. The molecule has 31 heavy (non-hydrogen) atoms. The first-order valence-corrected chi connectivity index (χ1v) is 11.6. The minimum absolute atomic E-state index is 0.0933. The number of rotatable bonds is 7. The molecule has 0 bridgehead atoms. The highest BCUT2D eigenvalue weighted by molar-refractivity contribution is 6.34. The van der Waals surface area contributed by atoms with Gasteiger partial charge in [-0.3, -0.25) is 5.41 Å². The molecule has 3 rings (SSSR count). The summed E-state index contributed by atoms with van der Waals surface area (Å²) in [4.78, 5) is 2.62. The lowest BCUT2D eigenvalue weighted by molar-refractivity contribution is 0.112. The Morgan fingerprint density at radius 1 is 1.29 bits per heavy atom. The molecule has 2 atom stereocenters. The second-order valence-corrected chi connectivity index (χ2v) is 10.9. The Balaban J connectivity index is 1.41. The summed E-state index contributed by atoms with van der Waals surface area (Å²) >= 11 is 6.05. The number of allylic oxidation sites excluding steroid dienone is 1. The van der Waals surface area contributed by atoms with Crippen molar-refractivity contribution in [3.05, 3.63) is 46.8 Å². The lowest BCUT2D eigenvalue weighted by atomic mass is 9.81. The van der Waals surface area contributed by atoms with Gasteiger partial charge in [0.2, 0.25) is 0 Å². The normalized spacial score (nSPS) is 21.9. The molecule has 1 saturated heterocycles. The summed E-state index contributed by atoms with van der Waals surface area (Å²) in [5.74, 6) is 1.16. The van der Waals surface area contributed by atoms with Crippen LogP contribution in [0.2, 0.25) is 5.02 Å². The maximum Gasteiger partial charge on any atom is 0.123 e. The van der Waals surface area contributed by atoms with E-state index in [2.05, 4.69) is 37.9 Å². The zero-order valence-corrected chi connectivity index (χ0v) is 20.0. The first kappa shape index (κ1) is 23.9. The average molecular weight is 447 g/mol. The van der Waals surface area contributed by atoms with Gasteiger partial charge in [0.15, 0.2) is 0 Å². The predicted molar refractivity (Wildman–Crippen MR) is 128 cm³/mol. The second kappa shape index (κ2) is 9.41. The van der Waals surface area contributed by atoms with E-state index < -0.39 is 5.82 Å². The number of amidine groups is 1. The summed E-state index contributed by atoms with van der Waals surface area (Å²) in [7, 11) is 0. The maximum absolute atomic E-state index is 13.4. The number of benzene rings is 1. The molecule has 1 aliphatic carbocycles. The van der Waals surface area contributed by atoms with Crippen molar-refractivity contribution in [2.45, 2.75) is 47.0 Å². The van der Waals surface area contributed by atoms with Gasteiger partial charge in [-0.25, -0.2) is 4.39 Å². The van der Waals surface area contributed by atoms with Crippen molar-refractivity contribution in [3.63, 3.8) is 0 Å². The van der Waals surface area contributed by atoms with Crippen LogP contribution >= 0.6 is 11.6 Å². The van der Waals surface area contributed by atoms with Crippen molar-refractivity contribution in [2.75, 3.05) is 26.2 Å². The molecular formula is C25H36ClFN4. The Labute approximate surface area is 191 Å². The van der Waals surface area contributed by atoms with Crippen molar-refractivity contribution < 1.29 is 4.39 Å². The van der Waals surface area contributed by atoms with Crippen molar-refractivity contribution in [1.82, 2.24) is 10.2 Å². The summed E-state index contributed by atoms with van der Waals surface area (Å²) in [6, 6.07) is 3.96. The standard InChI is InChI=1S/C25H36ClFN4/c1-17(24(2,3)4)16-31-11-9-25(10-12-31)14-18(25)15-30-23(29)8-7-22(28)20-13-19(27)5-6-21(20)26/h5-8,13,17-18,28H,9-12,14-16H2,1-4H3,(H2,29,30)/b8-7-,28-22?. The van der Waals surface area contributed by atoms with Gasteiger partial charge < -0.3 is 15.6 Å². The molecule has 1 heterocycles. The van der Waals surface area contributed by atoms with Gasteiger partial charge in [0, 0.05) is 18.7 Å². The first-order valence-electron chi connectivity index (χ1n) is 11.3. The summed E-state index contributed by atoms with van der Waals surface area (Å²) in [6.07, 6.45) is 6.79. The van der Waals surface area contributed by atoms with Gasteiger partial charge in [-0.15, -0.1) is 0 Å². The van der Waals surface area contributed by atoms with Gasteiger partial charge in [0.1, 0.15) is 11.7 Å². The Morgan fingerprint density at radius 3 is 2.61 bits per heavy atom. The van der Waals surface area contributed by atoms with Gasteiger partial charge in [-0.1, -0.05) is 39.3 Å². The average Bonchev–Trinajstić information content (AvgIpc) is 3.39. The summed E-state index contributed by atoms with van der Waals surface area (Å²) in [6.45, 7) is 13.7. The van der Waals surface area contributed by atoms with Crippen LogP contribution in [0.3, 0.4) is 0 Å². The smallest absolute Gasteiger partial charge is 0.123 e. The molecule has 2 aliphatic rings. The molecule has 1 aromatic rings. The molecule has 1 spiro atoms. The molecular weight excluding hydrogens is 411 g/mol. The Bertz CT molecular complexity index is 850. The quantitative estimate of drug-likeness (QED) is 0.368. The molecule has 0 aromatic heterocycles. The van der Waals surface area contributed by atoms with E-state index >= 15 is 0 Å². The lowest BCUT2D eigenvalue weighted by Gasteiger charge is -2.38. The van der Waals surface area contributed by atoms with Gasteiger partial charge in [0.05, 0.1) is 10.7 Å². The Kier molecular flexibility index (Phi) is 7.27. The van der Waals surface area contributed by atoms with Crippen LogP contribution < -0.4 is 5.32 Å². The third-order valence-electron chi connectivity index (χ3n) is 7.40. The van der Waals surface area contributed by atoms with Crippen molar-refractivity contribution >= 4 is 23.1 Å². The zero-order chi connectivity index (χ0) is 22.8. The molecule has 3 N–H and O–H groups in total. The van der Waals surface area contributed by atoms with Gasteiger partial charge >= 0.3 is 0 Å². The van der Waals surface area contributed by atoms with E-state index in [1.54, 1.807) is 6.08 Å². The van der Waals surface area contributed by atoms with Crippen molar-refractivity contribution in [1.29, 1.82) is 10.8 Å². The number of hydrogen-bond donors (Lipinski definition) is 3. The van der Waals surface area contributed by atoms with E-state index in [9.17, 15) is 4.39 Å². The predicted octanol–water partition coefficient (Wildman–Crippen LogP) is 5.75. The van der Waals surface area contributed by atoms with E-state index in [1.807, 2.05) is 0 Å². The highest BCUT2D eigenvalue weighted by atomic mass is 35.5. The van der Waals surface area contributed by atoms with E-state index in [1.165, 1.54) is 63.2 Å². The SMILES string of the molecule is CC(CN1CCC2(CC1)CC2CNC(=N)/C=C\C(=N)c1cc(F)ccc1Cl)C(C)(C)C. The Hall–Kier alpha value is -1.72. The fourth-order valence-electron chi connectivity index (χ4n) is 4.43. The summed E-state index contributed by atoms with van der Waals surface area (Å²) < 4.78 is 13.4. The number of nitrogens with one attached hydrogen (secondary N) is 3. The fourth-order valence-corrected chi connectivity index (χ4v) is 4.65. The van der Waals surface area contributed by atoms with Crippen molar-refractivity contribution in [3.8, 4) is 0 Å². The highest BCUT2D eigenvalue weighted by Crippen LogP contribution is 2.59. The molecule has 4 nitrogen and oxygen atoms in total. The number of halogens is 2. The lowest BCUT2D eigenvalue weighted by Crippen LogP contribution is -2.40. The molecule has 1 aliphatic heterocycles. The van der Waals surface area contributed by atoms with Gasteiger partial charge in [0.25, 0.3) is 0 Å². The maximum atomic E-state index is 13.4. The van der Waals surface area contributed by atoms with Gasteiger partial charge in [-0.2, -0.15) is 0 Å². The summed E-state index contributed by atoms with van der Waals surface area (Å²) in [5.41, 5.74) is 1.24. The third kappa shape index (κ3) is 6.17. The van der Waals surface area contributed by atoms with Crippen LogP contribution in [0, 0.1) is 39.3 Å². The summed E-state index contributed by atoms with van der Waals surface area (Å²) in [5, 5.41) is 19.7. The topological polar surface area (TPSA) is 63.0 Å². The monoisotopic (exact) mass is 446 g/mol. The van der Waals surface area contributed by atoms with E-state index in [4.69, 9.17) is 22.4 Å². The largest absolute Gasteiger partial charge is 0.370 e. The molecule has 6 heteroatoms. The molecule has 0 amide bonds. The minimum atomic E-state index is -0.427. The van der Waals surface area contributed by atoms with Crippen molar-refractivity contribution in [2.24, 2.45) is 22.7 Å². The second-order valence-electron chi connectivity index (χ2n) is 10.5. The molecule has 1 aromatic carbocycles. The van der Waals surface area contributed by atoms with Crippen LogP contribution in [-0.2, 0) is 0 Å². The van der Waals surface area contributed by atoms with Crippen LogP contribution in [0.4, 0.5) is 4.39 Å². The number of hydrogen-bond acceptors (Lipinski definition) is 3. The van der Waals surface area contributed by atoms with Gasteiger partial charge in [-0.05, 0) is 85.4 Å². The fraction of sp³-hybridized carbons (Fsp3) is 0.600. The Morgan fingerprint density at radius 2 is 1.97 bits per heavy atom. The van der Waals surface area contributed by atoms with Crippen LogP contribution in [0.25, 0.3) is 0 Å². The van der Waals surface area contributed by atoms with E-state index in [-0.39, 0.29) is 11.5 Å². The third-order valence-corrected chi connectivity index (χ3v) is 7.72. The number of likely N-dealkylation sites (tertiary alicyclic amines) is 1. The van der Waals surface area contributed by atoms with Crippen LogP contribution in [-0.4, -0.2) is 42.6 Å². The van der Waals surface area contributed by atoms with Crippen LogP contribution in [0.5, 0.6) is 0 Å². The zero-order valence-electron chi connectivity index (χ0n) is 19.2. The van der Waals surface area contributed by atoms with E-state index in [0.29, 0.717) is 33.3 Å². The number of piperidine rings is 1. The van der Waals surface area contributed by atoms with Crippen LogP contribution in [0.15, 0.2) is 30.4 Å². The van der Waals surface area contributed by atoms with E-state index in [0.717, 1.165) is 6.54 Å². The molecule has 2 fully saturated rings. The minimum Gasteiger partial charge on any atom is -0.370 e. The highest BCUT2D eigenvalue weighted by Gasteiger charge is 2.54. The molecule has 2 unspecified atom stereocenters. The molecule has 0 radical (unpaired) electrons. The van der Waals surface area contributed by atoms with Crippen LogP contribution in [0.1, 0.15) is 52.5 Å². The molecule has 1 saturated carbocycles.